The number of halogens is 1. The normalized spacial score (nSPS) is 17.5. The Labute approximate surface area is 156 Å². The van der Waals surface area contributed by atoms with E-state index in [0.29, 0.717) is 42.8 Å². The SMILES string of the molecule is C[C@H]1C(=O)N(C)CCN1C(=O)NCCc1nc(-c2ccc(Cl)cc2)no1. The quantitative estimate of drug-likeness (QED) is 0.877. The standard InChI is InChI=1S/C17H20ClN5O3/c1-11-16(24)22(2)9-10-23(11)17(25)19-8-7-14-20-15(21-26-14)12-3-5-13(18)6-4-12/h3-6,11H,7-10H2,1-2H3,(H,19,25)/t11-/m0/s1. The van der Waals surface area contributed by atoms with E-state index in [1.807, 2.05) is 12.1 Å². The molecule has 0 aliphatic carbocycles. The lowest BCUT2D eigenvalue weighted by atomic mass is 10.2. The molecule has 2 aromatic rings. The Kier molecular flexibility index (Phi) is 5.41. The van der Waals surface area contributed by atoms with E-state index in [0.717, 1.165) is 5.56 Å². The fourth-order valence-electron chi connectivity index (χ4n) is 2.74. The van der Waals surface area contributed by atoms with Crippen LogP contribution in [-0.2, 0) is 11.2 Å². The first kappa shape index (κ1) is 18.2. The fourth-order valence-corrected chi connectivity index (χ4v) is 2.87. The van der Waals surface area contributed by atoms with Crippen LogP contribution in [0.1, 0.15) is 12.8 Å². The lowest BCUT2D eigenvalue weighted by Crippen LogP contribution is -2.58. The summed E-state index contributed by atoms with van der Waals surface area (Å²) in [5.41, 5.74) is 0.804. The summed E-state index contributed by atoms with van der Waals surface area (Å²) in [6, 6.07) is 6.40. The van der Waals surface area contributed by atoms with Gasteiger partial charge in [0.05, 0.1) is 0 Å². The van der Waals surface area contributed by atoms with E-state index in [1.54, 1.807) is 31.0 Å². The van der Waals surface area contributed by atoms with Crippen molar-refractivity contribution in [2.75, 3.05) is 26.7 Å². The number of nitrogens with zero attached hydrogens (tertiary/aromatic N) is 4. The Morgan fingerprint density at radius 3 is 2.81 bits per heavy atom. The van der Waals surface area contributed by atoms with Crippen molar-refractivity contribution in [3.8, 4) is 11.4 Å². The molecule has 1 atom stereocenters. The van der Waals surface area contributed by atoms with E-state index in [-0.39, 0.29) is 11.9 Å². The van der Waals surface area contributed by atoms with Crippen LogP contribution in [0.4, 0.5) is 4.79 Å². The van der Waals surface area contributed by atoms with Gasteiger partial charge in [0, 0.05) is 43.7 Å². The monoisotopic (exact) mass is 377 g/mol. The summed E-state index contributed by atoms with van der Waals surface area (Å²) in [5.74, 6) is 0.843. The molecule has 9 heteroatoms. The molecular weight excluding hydrogens is 358 g/mol. The number of rotatable bonds is 4. The highest BCUT2D eigenvalue weighted by molar-refractivity contribution is 6.30. The van der Waals surface area contributed by atoms with Gasteiger partial charge in [-0.05, 0) is 31.2 Å². The maximum absolute atomic E-state index is 12.3. The second-order valence-electron chi connectivity index (χ2n) is 6.13. The van der Waals surface area contributed by atoms with Gasteiger partial charge in [0.25, 0.3) is 0 Å². The summed E-state index contributed by atoms with van der Waals surface area (Å²) >= 11 is 5.86. The first-order valence-electron chi connectivity index (χ1n) is 8.33. The van der Waals surface area contributed by atoms with Gasteiger partial charge in [-0.15, -0.1) is 0 Å². The first-order valence-corrected chi connectivity index (χ1v) is 8.71. The maximum Gasteiger partial charge on any atom is 0.318 e. The average molecular weight is 378 g/mol. The molecular formula is C17H20ClN5O3. The molecule has 26 heavy (non-hydrogen) atoms. The highest BCUT2D eigenvalue weighted by Gasteiger charge is 2.32. The molecule has 0 spiro atoms. The molecule has 2 heterocycles. The second kappa shape index (κ2) is 7.74. The lowest BCUT2D eigenvalue weighted by molar-refractivity contribution is -0.137. The van der Waals surface area contributed by atoms with Gasteiger partial charge in [0.1, 0.15) is 6.04 Å². The molecule has 1 aromatic carbocycles. The van der Waals surface area contributed by atoms with Crippen LogP contribution in [0, 0.1) is 0 Å². The summed E-state index contributed by atoms with van der Waals surface area (Å²) in [6.07, 6.45) is 0.405. The van der Waals surface area contributed by atoms with Crippen molar-refractivity contribution < 1.29 is 14.1 Å². The number of likely N-dealkylation sites (N-methyl/N-ethyl adjacent to an activating group) is 1. The number of benzene rings is 1. The van der Waals surface area contributed by atoms with Gasteiger partial charge >= 0.3 is 6.03 Å². The van der Waals surface area contributed by atoms with Crippen LogP contribution < -0.4 is 5.32 Å². The highest BCUT2D eigenvalue weighted by Crippen LogP contribution is 2.18. The van der Waals surface area contributed by atoms with Gasteiger partial charge in [-0.3, -0.25) is 4.79 Å². The first-order chi connectivity index (χ1) is 12.5. The third kappa shape index (κ3) is 3.96. The number of aromatic nitrogens is 2. The van der Waals surface area contributed by atoms with Gasteiger partial charge in [0.15, 0.2) is 0 Å². The number of piperazine rings is 1. The lowest BCUT2D eigenvalue weighted by Gasteiger charge is -2.37. The topological polar surface area (TPSA) is 91.6 Å². The number of hydrogen-bond acceptors (Lipinski definition) is 5. The van der Waals surface area contributed by atoms with Crippen molar-refractivity contribution in [3.63, 3.8) is 0 Å². The molecule has 1 aromatic heterocycles. The summed E-state index contributed by atoms with van der Waals surface area (Å²) in [7, 11) is 1.74. The molecule has 3 rings (SSSR count). The van der Waals surface area contributed by atoms with Gasteiger partial charge in [-0.1, -0.05) is 16.8 Å². The van der Waals surface area contributed by atoms with E-state index in [9.17, 15) is 9.59 Å². The van der Waals surface area contributed by atoms with Crippen molar-refractivity contribution in [1.82, 2.24) is 25.3 Å². The molecule has 1 aliphatic rings. The second-order valence-corrected chi connectivity index (χ2v) is 6.57. The number of amides is 3. The number of urea groups is 1. The van der Waals surface area contributed by atoms with E-state index < -0.39 is 6.04 Å². The summed E-state index contributed by atoms with van der Waals surface area (Å²) in [4.78, 5) is 31.7. The molecule has 138 valence electrons. The van der Waals surface area contributed by atoms with Crippen LogP contribution in [0.3, 0.4) is 0 Å². The molecule has 0 radical (unpaired) electrons. The Morgan fingerprint density at radius 1 is 1.35 bits per heavy atom. The van der Waals surface area contributed by atoms with Crippen LogP contribution in [-0.4, -0.2) is 64.6 Å². The number of nitrogens with one attached hydrogen (secondary N) is 1. The average Bonchev–Trinajstić information content (AvgIpc) is 3.09. The molecule has 0 unspecified atom stereocenters. The van der Waals surface area contributed by atoms with Gasteiger partial charge in [-0.2, -0.15) is 4.98 Å². The van der Waals surface area contributed by atoms with Crippen LogP contribution in [0.5, 0.6) is 0 Å². The Bertz CT molecular complexity index is 792. The molecule has 3 amide bonds. The number of carbonyl (C=O) groups excluding carboxylic acids is 2. The number of hydrogen-bond donors (Lipinski definition) is 1. The summed E-state index contributed by atoms with van der Waals surface area (Å²) in [5, 5.41) is 7.36. The van der Waals surface area contributed by atoms with Crippen LogP contribution in [0.15, 0.2) is 28.8 Å². The third-order valence-corrected chi connectivity index (χ3v) is 4.58. The maximum atomic E-state index is 12.3. The largest absolute Gasteiger partial charge is 0.342 e. The zero-order chi connectivity index (χ0) is 18.7. The van der Waals surface area contributed by atoms with E-state index in [2.05, 4.69) is 15.5 Å². The van der Waals surface area contributed by atoms with E-state index in [4.69, 9.17) is 16.1 Å². The minimum absolute atomic E-state index is 0.0593. The Balaban J connectivity index is 1.51. The highest BCUT2D eigenvalue weighted by atomic mass is 35.5. The van der Waals surface area contributed by atoms with Crippen LogP contribution in [0.2, 0.25) is 5.02 Å². The van der Waals surface area contributed by atoms with Gasteiger partial charge in [-0.25, -0.2) is 4.79 Å². The van der Waals surface area contributed by atoms with Crippen molar-refractivity contribution in [1.29, 1.82) is 0 Å². The molecule has 0 bridgehead atoms. The van der Waals surface area contributed by atoms with Crippen LogP contribution in [0.25, 0.3) is 11.4 Å². The fraction of sp³-hybridized carbons (Fsp3) is 0.412. The third-order valence-electron chi connectivity index (χ3n) is 4.32. The van der Waals surface area contributed by atoms with Crippen molar-refractivity contribution in [2.24, 2.45) is 0 Å². The minimum atomic E-state index is -0.464. The number of carbonyl (C=O) groups is 2. The van der Waals surface area contributed by atoms with E-state index in [1.165, 1.54) is 4.90 Å². The molecule has 0 saturated carbocycles. The minimum Gasteiger partial charge on any atom is -0.342 e. The predicted octanol–water partition coefficient (Wildman–Crippen LogP) is 1.80. The zero-order valence-electron chi connectivity index (χ0n) is 14.6. The smallest absolute Gasteiger partial charge is 0.318 e. The van der Waals surface area contributed by atoms with Gasteiger partial charge < -0.3 is 19.6 Å². The van der Waals surface area contributed by atoms with Crippen molar-refractivity contribution >= 4 is 23.5 Å². The zero-order valence-corrected chi connectivity index (χ0v) is 15.4. The van der Waals surface area contributed by atoms with Crippen molar-refractivity contribution in [2.45, 2.75) is 19.4 Å². The Morgan fingerprint density at radius 2 is 2.08 bits per heavy atom. The predicted molar refractivity (Wildman–Crippen MR) is 95.7 cm³/mol. The molecule has 1 N–H and O–H groups in total. The van der Waals surface area contributed by atoms with Crippen molar-refractivity contribution in [3.05, 3.63) is 35.2 Å². The summed E-state index contributed by atoms with van der Waals surface area (Å²) < 4.78 is 5.21. The molecule has 1 aliphatic heterocycles. The van der Waals surface area contributed by atoms with Crippen LogP contribution >= 0.6 is 11.6 Å². The Hall–Kier alpha value is -2.61. The molecule has 8 nitrogen and oxygen atoms in total. The molecule has 1 saturated heterocycles. The van der Waals surface area contributed by atoms with Gasteiger partial charge in [0.2, 0.25) is 17.6 Å². The molecule has 1 fully saturated rings. The van der Waals surface area contributed by atoms with E-state index >= 15 is 0 Å². The summed E-state index contributed by atoms with van der Waals surface area (Å²) in [6.45, 7) is 3.11.